The van der Waals surface area contributed by atoms with Gasteiger partial charge in [0, 0.05) is 24.7 Å². The van der Waals surface area contributed by atoms with Gasteiger partial charge in [-0.05, 0) is 50.9 Å². The molecule has 5 rings (SSSR count). The normalized spacial score (nSPS) is 18.2. The quantitative estimate of drug-likeness (QED) is 0.281. The zero-order valence-corrected chi connectivity index (χ0v) is 22.2. The Morgan fingerprint density at radius 2 is 2.11 bits per heavy atom. The largest absolute Gasteiger partial charge is 0.373 e. The predicted molar refractivity (Wildman–Crippen MR) is 144 cm³/mol. The van der Waals surface area contributed by atoms with Gasteiger partial charge in [0.1, 0.15) is 10.5 Å². The maximum atomic E-state index is 6.16. The van der Waals surface area contributed by atoms with Crippen LogP contribution in [0.4, 0.5) is 0 Å². The highest BCUT2D eigenvalue weighted by Gasteiger charge is 2.29. The SMILES string of the molecule is CCC(C)(CN(C)CCOC1C=CCCCC1)c1ccc2nnn(Cc3nc4cnccc4s3)c2n1. The molecule has 1 aliphatic carbocycles. The van der Waals surface area contributed by atoms with E-state index >= 15 is 0 Å². The lowest BCUT2D eigenvalue weighted by Gasteiger charge is -2.32. The molecule has 1 aliphatic rings. The number of fused-ring (bicyclic) bond motifs is 2. The number of thiazole rings is 1. The van der Waals surface area contributed by atoms with Crippen molar-refractivity contribution in [3.05, 3.63) is 53.4 Å². The first-order valence-corrected chi connectivity index (χ1v) is 13.7. The lowest BCUT2D eigenvalue weighted by Crippen LogP contribution is -2.39. The van der Waals surface area contributed by atoms with Crippen LogP contribution in [0.15, 0.2) is 42.7 Å². The molecule has 4 heterocycles. The fraction of sp³-hybridized carbons (Fsp3) is 0.519. The monoisotopic (exact) mass is 505 g/mol. The highest BCUT2D eigenvalue weighted by Crippen LogP contribution is 2.29. The van der Waals surface area contributed by atoms with Crippen molar-refractivity contribution in [2.45, 2.75) is 64.0 Å². The Morgan fingerprint density at radius 1 is 1.19 bits per heavy atom. The first-order valence-electron chi connectivity index (χ1n) is 12.9. The van der Waals surface area contributed by atoms with Crippen molar-refractivity contribution in [1.29, 1.82) is 0 Å². The molecule has 0 saturated heterocycles. The second-order valence-corrected chi connectivity index (χ2v) is 11.1. The maximum absolute atomic E-state index is 6.16. The van der Waals surface area contributed by atoms with Crippen molar-refractivity contribution in [2.24, 2.45) is 0 Å². The van der Waals surface area contributed by atoms with Gasteiger partial charge in [-0.2, -0.15) is 0 Å². The Bertz CT molecular complexity index is 1300. The van der Waals surface area contributed by atoms with E-state index in [0.717, 1.165) is 64.6 Å². The van der Waals surface area contributed by atoms with E-state index in [1.165, 1.54) is 19.3 Å². The van der Waals surface area contributed by atoms with E-state index in [-0.39, 0.29) is 11.5 Å². The highest BCUT2D eigenvalue weighted by atomic mass is 32.1. The molecule has 190 valence electrons. The lowest BCUT2D eigenvalue weighted by molar-refractivity contribution is 0.0602. The Labute approximate surface area is 216 Å². The molecular formula is C27H35N7OS. The zero-order chi connectivity index (χ0) is 25.0. The summed E-state index contributed by atoms with van der Waals surface area (Å²) in [5.74, 6) is 0. The van der Waals surface area contributed by atoms with Crippen molar-refractivity contribution in [1.82, 2.24) is 34.8 Å². The summed E-state index contributed by atoms with van der Waals surface area (Å²) in [6.45, 7) is 7.61. The van der Waals surface area contributed by atoms with Crippen LogP contribution < -0.4 is 0 Å². The van der Waals surface area contributed by atoms with Crippen molar-refractivity contribution in [3.63, 3.8) is 0 Å². The van der Waals surface area contributed by atoms with E-state index in [0.29, 0.717) is 6.54 Å². The van der Waals surface area contributed by atoms with Crippen LogP contribution in [0.2, 0.25) is 0 Å². The van der Waals surface area contributed by atoms with Crippen molar-refractivity contribution < 1.29 is 4.74 Å². The number of likely N-dealkylation sites (N-methyl/N-ethyl adjacent to an activating group) is 1. The van der Waals surface area contributed by atoms with Crippen LogP contribution in [0.1, 0.15) is 56.7 Å². The van der Waals surface area contributed by atoms with Gasteiger partial charge in [0.25, 0.3) is 0 Å². The molecule has 0 spiro atoms. The minimum Gasteiger partial charge on any atom is -0.373 e. The molecule has 9 heteroatoms. The van der Waals surface area contributed by atoms with Gasteiger partial charge >= 0.3 is 0 Å². The molecule has 8 nitrogen and oxygen atoms in total. The molecule has 0 radical (unpaired) electrons. The van der Waals surface area contributed by atoms with E-state index < -0.39 is 0 Å². The van der Waals surface area contributed by atoms with Crippen LogP contribution in [0.25, 0.3) is 21.4 Å². The Kier molecular flexibility index (Phi) is 7.69. The van der Waals surface area contributed by atoms with E-state index in [4.69, 9.17) is 14.7 Å². The number of hydrogen-bond donors (Lipinski definition) is 0. The number of ether oxygens (including phenoxy) is 1. The molecule has 2 atom stereocenters. The van der Waals surface area contributed by atoms with E-state index in [1.54, 1.807) is 23.7 Å². The minimum atomic E-state index is -0.0954. The molecule has 0 saturated carbocycles. The Hall–Kier alpha value is -2.75. The molecule has 0 aliphatic heterocycles. The van der Waals surface area contributed by atoms with Crippen LogP contribution >= 0.6 is 11.3 Å². The molecule has 0 amide bonds. The van der Waals surface area contributed by atoms with Crippen LogP contribution in [0, 0.1) is 0 Å². The van der Waals surface area contributed by atoms with Crippen LogP contribution in [0.5, 0.6) is 0 Å². The van der Waals surface area contributed by atoms with Gasteiger partial charge in [-0.15, -0.1) is 16.4 Å². The number of pyridine rings is 2. The van der Waals surface area contributed by atoms with E-state index in [2.05, 4.69) is 59.3 Å². The average molecular weight is 506 g/mol. The topological polar surface area (TPSA) is 81.9 Å². The molecule has 0 bridgehead atoms. The molecular weight excluding hydrogens is 470 g/mol. The summed E-state index contributed by atoms with van der Waals surface area (Å²) in [4.78, 5) is 16.3. The molecule has 4 aromatic heterocycles. The van der Waals surface area contributed by atoms with E-state index in [9.17, 15) is 0 Å². The number of hydrogen-bond acceptors (Lipinski definition) is 8. The second-order valence-electron chi connectivity index (χ2n) is 10.0. The van der Waals surface area contributed by atoms with Gasteiger partial charge < -0.3 is 9.64 Å². The number of nitrogens with zero attached hydrogens (tertiary/aromatic N) is 7. The fourth-order valence-corrected chi connectivity index (χ4v) is 5.74. The van der Waals surface area contributed by atoms with Gasteiger partial charge in [-0.25, -0.2) is 14.6 Å². The molecule has 36 heavy (non-hydrogen) atoms. The summed E-state index contributed by atoms with van der Waals surface area (Å²) in [7, 11) is 2.17. The fourth-order valence-electron chi connectivity index (χ4n) is 4.82. The lowest BCUT2D eigenvalue weighted by atomic mass is 9.83. The third-order valence-corrected chi connectivity index (χ3v) is 8.18. The number of allylic oxidation sites excluding steroid dienone is 1. The van der Waals surface area contributed by atoms with Gasteiger partial charge in [-0.1, -0.05) is 37.6 Å². The van der Waals surface area contributed by atoms with Gasteiger partial charge in [0.05, 0.1) is 41.4 Å². The average Bonchev–Trinajstić information content (AvgIpc) is 3.38. The summed E-state index contributed by atoms with van der Waals surface area (Å²) in [6, 6.07) is 6.14. The summed E-state index contributed by atoms with van der Waals surface area (Å²) < 4.78 is 9.14. The smallest absolute Gasteiger partial charge is 0.179 e. The first kappa shape index (κ1) is 24.9. The Morgan fingerprint density at radius 3 is 2.97 bits per heavy atom. The Balaban J connectivity index is 1.27. The summed E-state index contributed by atoms with van der Waals surface area (Å²) in [6.07, 6.45) is 14.2. The minimum absolute atomic E-state index is 0.0954. The van der Waals surface area contributed by atoms with Crippen LogP contribution in [0.3, 0.4) is 0 Å². The molecule has 2 unspecified atom stereocenters. The van der Waals surface area contributed by atoms with Gasteiger partial charge in [0.15, 0.2) is 5.65 Å². The van der Waals surface area contributed by atoms with Gasteiger partial charge in [0.2, 0.25) is 0 Å². The second kappa shape index (κ2) is 11.1. The number of aromatic nitrogens is 6. The standard InChI is InChI=1S/C27H35N7OS/c1-4-27(2,19-33(3)15-16-35-20-9-7-5-6-8-10-20)24-12-11-21-26(30-24)34(32-31-21)18-25-29-22-17-28-14-13-23(22)36-25/h7,9,11-14,17,20H,4-6,8,10,15-16,18-19H2,1-3H3. The van der Waals surface area contributed by atoms with Crippen molar-refractivity contribution in [3.8, 4) is 0 Å². The van der Waals surface area contributed by atoms with Crippen LogP contribution in [-0.4, -0.2) is 67.7 Å². The van der Waals surface area contributed by atoms with Gasteiger partial charge in [-0.3, -0.25) is 4.98 Å². The highest BCUT2D eigenvalue weighted by molar-refractivity contribution is 7.18. The number of rotatable bonds is 10. The summed E-state index contributed by atoms with van der Waals surface area (Å²) in [5, 5.41) is 9.71. The maximum Gasteiger partial charge on any atom is 0.179 e. The van der Waals surface area contributed by atoms with Crippen molar-refractivity contribution >= 4 is 32.7 Å². The zero-order valence-electron chi connectivity index (χ0n) is 21.4. The molecule has 0 N–H and O–H groups in total. The predicted octanol–water partition coefficient (Wildman–Crippen LogP) is 4.99. The third kappa shape index (κ3) is 5.63. The third-order valence-electron chi connectivity index (χ3n) is 7.16. The molecule has 0 fully saturated rings. The molecule has 4 aromatic rings. The van der Waals surface area contributed by atoms with Crippen molar-refractivity contribution in [2.75, 3.05) is 26.7 Å². The van der Waals surface area contributed by atoms with E-state index in [1.807, 2.05) is 16.8 Å². The summed E-state index contributed by atoms with van der Waals surface area (Å²) in [5.41, 5.74) is 3.49. The molecule has 0 aromatic carbocycles. The van der Waals surface area contributed by atoms with Crippen LogP contribution in [-0.2, 0) is 16.7 Å². The summed E-state index contributed by atoms with van der Waals surface area (Å²) >= 11 is 1.66. The first-order chi connectivity index (χ1) is 17.5.